The number of sulfonamides is 1. The molecule has 4 rings (SSSR count). The Morgan fingerprint density at radius 3 is 2.50 bits per heavy atom. The van der Waals surface area contributed by atoms with Gasteiger partial charge in [-0.2, -0.15) is 0 Å². The Labute approximate surface area is 211 Å². The van der Waals surface area contributed by atoms with E-state index in [2.05, 4.69) is 35.1 Å². The maximum atomic E-state index is 13.2. The average Bonchev–Trinajstić information content (AvgIpc) is 2.83. The molecular weight excluding hydrogens is 516 g/mol. The quantitative estimate of drug-likeness (QED) is 0.516. The number of nitrogens with one attached hydrogen (secondary N) is 1. The second kappa shape index (κ2) is 10.4. The first-order chi connectivity index (χ1) is 16.2. The van der Waals surface area contributed by atoms with Crippen molar-refractivity contribution in [1.82, 2.24) is 9.62 Å². The Hall–Kier alpha value is -1.90. The number of rotatable bonds is 7. The van der Waals surface area contributed by atoms with Crippen molar-refractivity contribution in [2.75, 3.05) is 13.1 Å². The van der Waals surface area contributed by atoms with E-state index in [0.29, 0.717) is 25.9 Å². The number of halogens is 1. The van der Waals surface area contributed by atoms with Gasteiger partial charge in [-0.15, -0.1) is 0 Å². The van der Waals surface area contributed by atoms with E-state index in [0.717, 1.165) is 40.6 Å². The predicted molar refractivity (Wildman–Crippen MR) is 137 cm³/mol. The van der Waals surface area contributed by atoms with Crippen LogP contribution in [0.1, 0.15) is 63.1 Å². The van der Waals surface area contributed by atoms with Gasteiger partial charge in [0.25, 0.3) is 0 Å². The highest BCUT2D eigenvalue weighted by Gasteiger charge is 2.40. The molecule has 184 valence electrons. The predicted octanol–water partition coefficient (Wildman–Crippen LogP) is 5.19. The highest BCUT2D eigenvalue weighted by atomic mass is 79.9. The van der Waals surface area contributed by atoms with Crippen LogP contribution in [0, 0.1) is 5.92 Å². The molecule has 1 atom stereocenters. The highest BCUT2D eigenvalue weighted by molar-refractivity contribution is 9.10. The lowest BCUT2D eigenvalue weighted by molar-refractivity contribution is -0.127. The first-order valence-electron chi connectivity index (χ1n) is 12.1. The number of nitrogens with zero attached hydrogens (tertiary/aromatic N) is 1. The number of fused-ring (bicyclic) bond motifs is 1. The molecule has 8 heteroatoms. The van der Waals surface area contributed by atoms with Gasteiger partial charge in [-0.05, 0) is 49.4 Å². The molecule has 2 heterocycles. The first-order valence-corrected chi connectivity index (χ1v) is 14.5. The normalized spacial score (nSPS) is 20.9. The average molecular weight is 550 g/mol. The van der Waals surface area contributed by atoms with E-state index in [-0.39, 0.29) is 29.2 Å². The van der Waals surface area contributed by atoms with Gasteiger partial charge >= 0.3 is 0 Å². The van der Waals surface area contributed by atoms with E-state index < -0.39 is 10.0 Å². The van der Waals surface area contributed by atoms with Crippen LogP contribution in [0.15, 0.2) is 53.0 Å². The van der Waals surface area contributed by atoms with Crippen molar-refractivity contribution in [1.29, 1.82) is 0 Å². The van der Waals surface area contributed by atoms with Crippen LogP contribution in [0.4, 0.5) is 0 Å². The zero-order valence-corrected chi connectivity index (χ0v) is 22.2. The molecule has 1 saturated heterocycles. The molecule has 0 bridgehead atoms. The zero-order valence-electron chi connectivity index (χ0n) is 19.8. The molecule has 0 aromatic heterocycles. The van der Waals surface area contributed by atoms with Crippen molar-refractivity contribution in [3.05, 3.63) is 64.1 Å². The standard InChI is InChI=1S/C26H33BrN2O4S/c1-3-26(4-2)17-23(22-10-5-6-11-24(22)33-26)28-25(30)20-12-14-29(15-13-20)34(31,32)18-19-8-7-9-21(27)16-19/h5-11,16,20,23H,3-4,12-15,17-18H2,1-2H3,(H,28,30). The van der Waals surface area contributed by atoms with Crippen molar-refractivity contribution < 1.29 is 17.9 Å². The summed E-state index contributed by atoms with van der Waals surface area (Å²) >= 11 is 3.40. The molecule has 0 aliphatic carbocycles. The van der Waals surface area contributed by atoms with Crippen LogP contribution in [0.3, 0.4) is 0 Å². The Morgan fingerprint density at radius 1 is 1.12 bits per heavy atom. The first kappa shape index (κ1) is 25.2. The molecule has 2 aliphatic heterocycles. The summed E-state index contributed by atoms with van der Waals surface area (Å²) in [7, 11) is -3.43. The van der Waals surface area contributed by atoms with Gasteiger partial charge in [0.15, 0.2) is 0 Å². The molecule has 1 fully saturated rings. The van der Waals surface area contributed by atoms with Crippen LogP contribution in [0.2, 0.25) is 0 Å². The molecule has 1 unspecified atom stereocenters. The lowest BCUT2D eigenvalue weighted by Gasteiger charge is -2.42. The van der Waals surface area contributed by atoms with Crippen molar-refractivity contribution >= 4 is 31.9 Å². The maximum Gasteiger partial charge on any atom is 0.223 e. The minimum atomic E-state index is -3.43. The van der Waals surface area contributed by atoms with Gasteiger partial charge in [-0.3, -0.25) is 4.79 Å². The summed E-state index contributed by atoms with van der Waals surface area (Å²) < 4.78 is 34.6. The molecule has 2 aromatic rings. The van der Waals surface area contributed by atoms with Gasteiger partial charge in [0, 0.05) is 35.5 Å². The third-order valence-electron chi connectivity index (χ3n) is 7.26. The van der Waals surface area contributed by atoms with Gasteiger partial charge < -0.3 is 10.1 Å². The SMILES string of the molecule is CCC1(CC)CC(NC(=O)C2CCN(S(=O)(=O)Cc3cccc(Br)c3)CC2)c2ccccc2O1. The van der Waals surface area contributed by atoms with Crippen LogP contribution >= 0.6 is 15.9 Å². The van der Waals surface area contributed by atoms with E-state index in [9.17, 15) is 13.2 Å². The van der Waals surface area contributed by atoms with Gasteiger partial charge in [0.05, 0.1) is 11.8 Å². The number of carbonyl (C=O) groups excluding carboxylic acids is 1. The highest BCUT2D eigenvalue weighted by Crippen LogP contribution is 2.42. The summed E-state index contributed by atoms with van der Waals surface area (Å²) in [6, 6.07) is 15.2. The molecule has 0 spiro atoms. The monoisotopic (exact) mass is 548 g/mol. The number of amides is 1. The number of para-hydroxylation sites is 1. The number of hydrogen-bond donors (Lipinski definition) is 1. The van der Waals surface area contributed by atoms with Crippen LogP contribution in [0.25, 0.3) is 0 Å². The minimum Gasteiger partial charge on any atom is -0.487 e. The van der Waals surface area contributed by atoms with Crippen molar-refractivity contribution in [3.8, 4) is 5.75 Å². The fraction of sp³-hybridized carbons (Fsp3) is 0.500. The van der Waals surface area contributed by atoms with Gasteiger partial charge in [0.2, 0.25) is 15.9 Å². The van der Waals surface area contributed by atoms with E-state index in [4.69, 9.17) is 4.74 Å². The number of piperidine rings is 1. The molecule has 0 radical (unpaired) electrons. The Morgan fingerprint density at radius 2 is 1.82 bits per heavy atom. The zero-order chi connectivity index (χ0) is 24.3. The van der Waals surface area contributed by atoms with E-state index >= 15 is 0 Å². The molecule has 34 heavy (non-hydrogen) atoms. The second-order valence-electron chi connectivity index (χ2n) is 9.35. The lowest BCUT2D eigenvalue weighted by Crippen LogP contribution is -2.47. The smallest absolute Gasteiger partial charge is 0.223 e. The van der Waals surface area contributed by atoms with Gasteiger partial charge in [0.1, 0.15) is 11.4 Å². The van der Waals surface area contributed by atoms with Crippen molar-refractivity contribution in [2.24, 2.45) is 5.92 Å². The van der Waals surface area contributed by atoms with Crippen molar-refractivity contribution in [3.63, 3.8) is 0 Å². The van der Waals surface area contributed by atoms with E-state index in [1.54, 1.807) is 0 Å². The molecule has 2 aliphatic rings. The number of carbonyl (C=O) groups is 1. The lowest BCUT2D eigenvalue weighted by atomic mass is 9.83. The molecular formula is C26H33BrN2O4S. The second-order valence-corrected chi connectivity index (χ2v) is 12.2. The largest absolute Gasteiger partial charge is 0.487 e. The van der Waals surface area contributed by atoms with Crippen LogP contribution in [-0.2, 0) is 20.6 Å². The summed E-state index contributed by atoms with van der Waals surface area (Å²) in [6.45, 7) is 4.99. The Bertz CT molecular complexity index is 1130. The fourth-order valence-corrected chi connectivity index (χ4v) is 7.04. The summed E-state index contributed by atoms with van der Waals surface area (Å²) in [5, 5.41) is 3.28. The van der Waals surface area contributed by atoms with Crippen LogP contribution in [-0.4, -0.2) is 37.3 Å². The third kappa shape index (κ3) is 5.50. The molecule has 2 aromatic carbocycles. The summed E-state index contributed by atoms with van der Waals surface area (Å²) in [6.07, 6.45) is 3.54. The molecule has 1 amide bonds. The summed E-state index contributed by atoms with van der Waals surface area (Å²) in [5.41, 5.74) is 1.49. The number of hydrogen-bond acceptors (Lipinski definition) is 4. The maximum absolute atomic E-state index is 13.2. The summed E-state index contributed by atoms with van der Waals surface area (Å²) in [4.78, 5) is 13.2. The van der Waals surface area contributed by atoms with Gasteiger partial charge in [-0.25, -0.2) is 12.7 Å². The van der Waals surface area contributed by atoms with Crippen LogP contribution in [0.5, 0.6) is 5.75 Å². The van der Waals surface area contributed by atoms with E-state index in [1.807, 2.05) is 48.5 Å². The molecule has 0 saturated carbocycles. The Balaban J connectivity index is 1.39. The topological polar surface area (TPSA) is 75.7 Å². The fourth-order valence-electron chi connectivity index (χ4n) is 5.04. The van der Waals surface area contributed by atoms with Gasteiger partial charge in [-0.1, -0.05) is 60.1 Å². The number of benzene rings is 2. The summed E-state index contributed by atoms with van der Waals surface area (Å²) in [5.74, 6) is 0.631. The third-order valence-corrected chi connectivity index (χ3v) is 9.60. The minimum absolute atomic E-state index is 0.00634. The van der Waals surface area contributed by atoms with Crippen molar-refractivity contribution in [2.45, 2.75) is 63.3 Å². The Kier molecular flexibility index (Phi) is 7.69. The van der Waals surface area contributed by atoms with E-state index in [1.165, 1.54) is 4.31 Å². The molecule has 6 nitrogen and oxygen atoms in total. The molecule has 1 N–H and O–H groups in total. The number of ether oxygens (including phenoxy) is 1. The van der Waals surface area contributed by atoms with Crippen LogP contribution < -0.4 is 10.1 Å².